The first kappa shape index (κ1) is 12.0. The molecule has 0 aromatic carbocycles. The van der Waals surface area contributed by atoms with Gasteiger partial charge in [-0.15, -0.1) is 11.3 Å². The van der Waals surface area contributed by atoms with Gasteiger partial charge in [0, 0.05) is 4.88 Å². The molecule has 1 aliphatic heterocycles. The van der Waals surface area contributed by atoms with Crippen LogP contribution in [-0.4, -0.2) is 15.9 Å². The van der Waals surface area contributed by atoms with Crippen LogP contribution in [0.25, 0.3) is 11.5 Å². The summed E-state index contributed by atoms with van der Waals surface area (Å²) >= 11 is 3.47. The first-order valence-electron chi connectivity index (χ1n) is 6.05. The van der Waals surface area contributed by atoms with Gasteiger partial charge in [-0.25, -0.2) is 0 Å². The fourth-order valence-electron chi connectivity index (χ4n) is 2.12. The van der Waals surface area contributed by atoms with Crippen LogP contribution in [0, 0.1) is 6.92 Å². The summed E-state index contributed by atoms with van der Waals surface area (Å²) in [4.78, 5) is 5.67. The Labute approximate surface area is 114 Å². The molecule has 2 N–H and O–H groups in total. The van der Waals surface area contributed by atoms with Crippen LogP contribution in [0.15, 0.2) is 10.6 Å². The van der Waals surface area contributed by atoms with E-state index in [0.29, 0.717) is 11.1 Å². The van der Waals surface area contributed by atoms with Gasteiger partial charge in [-0.1, -0.05) is 11.6 Å². The number of thiophene rings is 1. The number of nitrogens with zero attached hydrogens (tertiary/aromatic N) is 2. The van der Waals surface area contributed by atoms with Crippen LogP contribution in [0.1, 0.15) is 35.2 Å². The molecule has 1 aliphatic rings. The van der Waals surface area contributed by atoms with Gasteiger partial charge in [-0.05, 0) is 31.6 Å². The molecule has 6 heteroatoms. The van der Waals surface area contributed by atoms with E-state index in [4.69, 9.17) is 10.3 Å². The standard InChI is InChI=1S/C12H15N3OS2/c1-7-6-8(10(13)18-7)12-14-11(15-16-12)9-4-2-3-5-17-9/h6,9H,2-5,13H2,1H3. The molecule has 1 atom stereocenters. The highest BCUT2D eigenvalue weighted by molar-refractivity contribution is 7.99. The SMILES string of the molecule is Cc1cc(-c2nc(C3CCCCS3)no2)c(N)s1. The van der Waals surface area contributed by atoms with Crippen LogP contribution in [0.3, 0.4) is 0 Å². The van der Waals surface area contributed by atoms with Gasteiger partial charge in [0.25, 0.3) is 5.89 Å². The Bertz CT molecular complexity index is 543. The van der Waals surface area contributed by atoms with Crippen molar-refractivity contribution in [2.75, 3.05) is 11.5 Å². The van der Waals surface area contributed by atoms with Gasteiger partial charge >= 0.3 is 0 Å². The molecule has 2 aromatic heterocycles. The Morgan fingerprint density at radius 1 is 1.44 bits per heavy atom. The second-order valence-electron chi connectivity index (χ2n) is 4.45. The summed E-state index contributed by atoms with van der Waals surface area (Å²) in [5, 5.41) is 5.24. The van der Waals surface area contributed by atoms with E-state index in [2.05, 4.69) is 10.1 Å². The van der Waals surface area contributed by atoms with Gasteiger partial charge in [-0.3, -0.25) is 0 Å². The van der Waals surface area contributed by atoms with Gasteiger partial charge < -0.3 is 10.3 Å². The molecule has 18 heavy (non-hydrogen) atoms. The highest BCUT2D eigenvalue weighted by atomic mass is 32.2. The molecule has 96 valence electrons. The molecule has 1 fully saturated rings. The molecule has 0 bridgehead atoms. The number of aromatic nitrogens is 2. The van der Waals surface area contributed by atoms with Crippen molar-refractivity contribution in [1.82, 2.24) is 10.1 Å². The molecule has 0 aliphatic carbocycles. The number of thioether (sulfide) groups is 1. The monoisotopic (exact) mass is 281 g/mol. The number of rotatable bonds is 2. The minimum Gasteiger partial charge on any atom is -0.390 e. The largest absolute Gasteiger partial charge is 0.390 e. The van der Waals surface area contributed by atoms with Gasteiger partial charge in [0.2, 0.25) is 0 Å². The molecule has 1 unspecified atom stereocenters. The van der Waals surface area contributed by atoms with E-state index >= 15 is 0 Å². The maximum atomic E-state index is 5.95. The molecule has 3 rings (SSSR count). The first-order valence-corrected chi connectivity index (χ1v) is 7.92. The van der Waals surface area contributed by atoms with Crippen LogP contribution in [0.5, 0.6) is 0 Å². The van der Waals surface area contributed by atoms with Crippen molar-refractivity contribution in [3.05, 3.63) is 16.8 Å². The van der Waals surface area contributed by atoms with Crippen molar-refractivity contribution in [3.63, 3.8) is 0 Å². The van der Waals surface area contributed by atoms with Crippen LogP contribution in [0.2, 0.25) is 0 Å². The maximum Gasteiger partial charge on any atom is 0.260 e. The Kier molecular flexibility index (Phi) is 3.30. The zero-order valence-electron chi connectivity index (χ0n) is 10.2. The van der Waals surface area contributed by atoms with Crippen molar-refractivity contribution >= 4 is 28.1 Å². The molecular formula is C12H15N3OS2. The predicted molar refractivity (Wildman–Crippen MR) is 75.8 cm³/mol. The van der Waals surface area contributed by atoms with E-state index in [1.54, 1.807) is 11.3 Å². The first-order chi connectivity index (χ1) is 8.74. The fraction of sp³-hybridized carbons (Fsp3) is 0.500. The average molecular weight is 281 g/mol. The second kappa shape index (κ2) is 4.93. The third-order valence-corrected chi connectivity index (χ3v) is 5.28. The van der Waals surface area contributed by atoms with E-state index in [1.807, 2.05) is 24.8 Å². The molecule has 4 nitrogen and oxygen atoms in total. The van der Waals surface area contributed by atoms with Gasteiger partial charge in [-0.2, -0.15) is 16.7 Å². The van der Waals surface area contributed by atoms with Crippen molar-refractivity contribution in [1.29, 1.82) is 0 Å². The lowest BCUT2D eigenvalue weighted by Gasteiger charge is -2.17. The molecule has 1 saturated heterocycles. The zero-order chi connectivity index (χ0) is 12.5. The minimum atomic E-state index is 0.386. The number of nitrogens with two attached hydrogens (primary N) is 1. The number of hydrogen-bond donors (Lipinski definition) is 1. The third kappa shape index (κ3) is 2.27. The number of nitrogen functional groups attached to an aromatic ring is 1. The molecular weight excluding hydrogens is 266 g/mol. The normalized spacial score (nSPS) is 20.2. The van der Waals surface area contributed by atoms with Crippen LogP contribution >= 0.6 is 23.1 Å². The number of aryl methyl sites for hydroxylation is 1. The highest BCUT2D eigenvalue weighted by Crippen LogP contribution is 2.38. The van der Waals surface area contributed by atoms with Gasteiger partial charge in [0.15, 0.2) is 5.82 Å². The van der Waals surface area contributed by atoms with E-state index in [0.717, 1.165) is 27.7 Å². The molecule has 0 radical (unpaired) electrons. The number of anilines is 1. The lowest BCUT2D eigenvalue weighted by atomic mass is 10.2. The second-order valence-corrected chi connectivity index (χ2v) is 7.05. The van der Waals surface area contributed by atoms with E-state index < -0.39 is 0 Å². The molecule has 3 heterocycles. The molecule has 0 saturated carbocycles. The van der Waals surface area contributed by atoms with Crippen molar-refractivity contribution in [2.45, 2.75) is 31.4 Å². The lowest BCUT2D eigenvalue weighted by molar-refractivity contribution is 0.420. The highest BCUT2D eigenvalue weighted by Gasteiger charge is 2.22. The summed E-state index contributed by atoms with van der Waals surface area (Å²) in [6.07, 6.45) is 3.69. The van der Waals surface area contributed by atoms with Crippen LogP contribution < -0.4 is 5.73 Å². The fourth-order valence-corrected chi connectivity index (χ4v) is 4.13. The van der Waals surface area contributed by atoms with E-state index in [-0.39, 0.29) is 0 Å². The van der Waals surface area contributed by atoms with E-state index in [9.17, 15) is 0 Å². The Morgan fingerprint density at radius 3 is 3.00 bits per heavy atom. The quantitative estimate of drug-likeness (QED) is 0.910. The average Bonchev–Trinajstić information content (AvgIpc) is 2.97. The predicted octanol–water partition coefficient (Wildman–Crippen LogP) is 3.65. The van der Waals surface area contributed by atoms with Crippen molar-refractivity contribution in [3.8, 4) is 11.5 Å². The van der Waals surface area contributed by atoms with E-state index in [1.165, 1.54) is 18.6 Å². The van der Waals surface area contributed by atoms with Crippen LogP contribution in [0.4, 0.5) is 5.00 Å². The summed E-state index contributed by atoms with van der Waals surface area (Å²) in [6.45, 7) is 2.03. The molecule has 2 aromatic rings. The third-order valence-electron chi connectivity index (χ3n) is 3.02. The topological polar surface area (TPSA) is 64.9 Å². The summed E-state index contributed by atoms with van der Waals surface area (Å²) < 4.78 is 5.35. The van der Waals surface area contributed by atoms with Crippen molar-refractivity contribution in [2.24, 2.45) is 0 Å². The summed E-state index contributed by atoms with van der Waals surface area (Å²) in [5.74, 6) is 2.56. The maximum absolute atomic E-state index is 5.95. The van der Waals surface area contributed by atoms with Gasteiger partial charge in [0.05, 0.1) is 15.8 Å². The zero-order valence-corrected chi connectivity index (χ0v) is 11.8. The number of hydrogen-bond acceptors (Lipinski definition) is 6. The molecule has 0 spiro atoms. The van der Waals surface area contributed by atoms with Crippen LogP contribution in [-0.2, 0) is 0 Å². The van der Waals surface area contributed by atoms with Crippen molar-refractivity contribution < 1.29 is 4.52 Å². The molecule has 0 amide bonds. The summed E-state index contributed by atoms with van der Waals surface area (Å²) in [5.41, 5.74) is 6.82. The lowest BCUT2D eigenvalue weighted by Crippen LogP contribution is -2.03. The Balaban J connectivity index is 1.86. The Morgan fingerprint density at radius 2 is 2.33 bits per heavy atom. The Hall–Kier alpha value is -1.01. The van der Waals surface area contributed by atoms with Gasteiger partial charge in [0.1, 0.15) is 0 Å². The smallest absolute Gasteiger partial charge is 0.260 e. The minimum absolute atomic E-state index is 0.386. The summed E-state index contributed by atoms with van der Waals surface area (Å²) in [7, 11) is 0. The summed E-state index contributed by atoms with van der Waals surface area (Å²) in [6, 6.07) is 2.01.